The number of carbonyl (C=O) groups is 3. The number of allylic oxidation sites excluding steroid dienone is 4. The standard InChI is InChI=1S/C60H82N3O13P/c1-41-62(30-31-63(41)39-45-34-44(21-24-52(45)76-77(69,70)71)51(66)38-61-28-13-4-5-14-32-72-33-15-12-18-42-16-8-6-9-17-42)29-26-55(68)73-40-53(67)60-54(74-57(75-60)43-19-10-7-11-20-43)36-49-48-23-22-46-35-47(64)25-27-58(46,2)56(48)50(65)37-59(49,60)3/h6,8-9,16-17,21,24-25,27,30-31,34-35,43,48-51,54,56-57,61,65-66H,4-5,7,10-15,18-20,22-23,26,28-29,32-33,36-40H2,1-3H3,(H-,69,70,71)/p+1/t48-,49-,50-,51?,54+,56+,57+,58-,59-,60+/m0/s1. The van der Waals surface area contributed by atoms with Crippen LogP contribution in [0, 0.1) is 41.4 Å². The van der Waals surface area contributed by atoms with Crippen LogP contribution in [0.4, 0.5) is 0 Å². The smallest absolute Gasteiger partial charge is 0.457 e. The molecule has 2 aromatic carbocycles. The van der Waals surface area contributed by atoms with Crippen molar-refractivity contribution < 1.29 is 67.0 Å². The van der Waals surface area contributed by atoms with Gasteiger partial charge in [-0.05, 0) is 124 Å². The van der Waals surface area contributed by atoms with Crippen molar-refractivity contribution in [1.29, 1.82) is 0 Å². The van der Waals surface area contributed by atoms with Crippen molar-refractivity contribution in [3.05, 3.63) is 107 Å². The van der Waals surface area contributed by atoms with E-state index in [4.69, 9.17) is 23.5 Å². The maximum Gasteiger partial charge on any atom is 0.524 e. The molecular weight excluding hydrogens is 1000 g/mol. The number of ether oxygens (including phenoxy) is 4. The number of aliphatic hydroxyl groups is 2. The van der Waals surface area contributed by atoms with E-state index in [-0.39, 0.29) is 60.5 Å². The van der Waals surface area contributed by atoms with Crippen molar-refractivity contribution >= 4 is 25.4 Å². The minimum Gasteiger partial charge on any atom is -0.457 e. The summed E-state index contributed by atoms with van der Waals surface area (Å²) >= 11 is 0. The second kappa shape index (κ2) is 25.0. The molecule has 9 rings (SSSR count). The van der Waals surface area contributed by atoms with Gasteiger partial charge in [-0.15, -0.1) is 0 Å². The summed E-state index contributed by atoms with van der Waals surface area (Å²) in [5, 5.41) is 26.7. The van der Waals surface area contributed by atoms with Gasteiger partial charge in [-0.3, -0.25) is 24.2 Å². The van der Waals surface area contributed by atoms with E-state index in [1.165, 1.54) is 11.6 Å². The lowest BCUT2D eigenvalue weighted by atomic mass is 9.46. The average Bonchev–Trinajstić information content (AvgIpc) is 4.21. The fourth-order valence-corrected chi connectivity index (χ4v) is 14.9. The first kappa shape index (κ1) is 57.3. The molecule has 1 aliphatic heterocycles. The number of phosphoric ester groups is 1. The molecular formula is C60H83N3O13P+. The molecule has 5 fully saturated rings. The highest BCUT2D eigenvalue weighted by atomic mass is 31.2. The van der Waals surface area contributed by atoms with E-state index < -0.39 is 61.4 Å². The fraction of sp³-hybridized carbons (Fsp3) is 0.633. The SMILES string of the molecule is Cc1n(CCC(=O)OCC(=O)[C@@]23O[C@H](C4CCCCC4)O[C@@H]2C[C@H]2[C@@H]4CCC5=CC(=O)C=C[C@]5(C)[C@H]4[C@@H](O)C[C@@]23C)cc[n+]1Cc1cc(C(O)CNCCCCCCOCCCCc2ccccc2)ccc1OP(=O)(O)O. The van der Waals surface area contributed by atoms with Crippen LogP contribution in [-0.2, 0) is 57.4 Å². The highest BCUT2D eigenvalue weighted by Gasteiger charge is 2.76. The molecule has 1 aromatic heterocycles. The number of nitrogens with zero attached hydrogens (tertiary/aromatic N) is 2. The number of esters is 1. The molecule has 420 valence electrons. The van der Waals surface area contributed by atoms with E-state index in [0.29, 0.717) is 30.5 Å². The van der Waals surface area contributed by atoms with E-state index in [1.54, 1.807) is 36.7 Å². The van der Waals surface area contributed by atoms with Crippen LogP contribution in [0.2, 0.25) is 0 Å². The molecule has 4 saturated carbocycles. The number of carbonyl (C=O) groups excluding carboxylic acids is 3. The monoisotopic (exact) mass is 1080 g/mol. The first-order chi connectivity index (χ1) is 37.0. The molecule has 5 N–H and O–H groups in total. The third kappa shape index (κ3) is 12.8. The van der Waals surface area contributed by atoms with Crippen molar-refractivity contribution in [2.24, 2.45) is 34.5 Å². The molecule has 1 saturated heterocycles. The Hall–Kier alpha value is -4.35. The van der Waals surface area contributed by atoms with Crippen LogP contribution < -0.4 is 14.4 Å². The number of imidazole rings is 1. The summed E-state index contributed by atoms with van der Waals surface area (Å²) < 4.78 is 46.4. The molecule has 6 aliphatic rings. The molecule has 0 radical (unpaired) electrons. The second-order valence-corrected chi connectivity index (χ2v) is 24.5. The summed E-state index contributed by atoms with van der Waals surface area (Å²) in [6.07, 6.45) is 21.1. The molecule has 16 nitrogen and oxygen atoms in total. The number of hydrogen-bond acceptors (Lipinski definition) is 12. The Morgan fingerprint density at radius 2 is 1.75 bits per heavy atom. The van der Waals surface area contributed by atoms with Crippen LogP contribution in [0.25, 0.3) is 0 Å². The number of ketones is 2. The Bertz CT molecular complexity index is 2650. The van der Waals surface area contributed by atoms with Gasteiger partial charge in [0.1, 0.15) is 31.2 Å². The summed E-state index contributed by atoms with van der Waals surface area (Å²) in [6, 6.07) is 15.3. The first-order valence-electron chi connectivity index (χ1n) is 28.6. The van der Waals surface area contributed by atoms with Gasteiger partial charge in [0.25, 0.3) is 5.82 Å². The number of aliphatic hydroxyl groups excluding tert-OH is 2. The predicted molar refractivity (Wildman–Crippen MR) is 287 cm³/mol. The zero-order valence-electron chi connectivity index (χ0n) is 45.4. The van der Waals surface area contributed by atoms with Crippen LogP contribution in [-0.4, -0.2) is 99.1 Å². The van der Waals surface area contributed by atoms with Gasteiger partial charge in [-0.25, -0.2) is 13.7 Å². The molecule has 2 heterocycles. The van der Waals surface area contributed by atoms with E-state index in [2.05, 4.69) is 43.4 Å². The van der Waals surface area contributed by atoms with E-state index in [1.807, 2.05) is 28.2 Å². The van der Waals surface area contributed by atoms with Gasteiger partial charge in [0.15, 0.2) is 24.3 Å². The minimum atomic E-state index is -4.92. The summed E-state index contributed by atoms with van der Waals surface area (Å²) in [7, 11) is -4.92. The van der Waals surface area contributed by atoms with Gasteiger partial charge in [-0.2, -0.15) is 0 Å². The molecule has 10 atom stereocenters. The zero-order valence-corrected chi connectivity index (χ0v) is 46.3. The summed E-state index contributed by atoms with van der Waals surface area (Å²) in [4.78, 5) is 60.5. The molecule has 3 aromatic rings. The highest BCUT2D eigenvalue weighted by molar-refractivity contribution is 7.46. The van der Waals surface area contributed by atoms with Crippen molar-refractivity contribution in [2.75, 3.05) is 32.9 Å². The largest absolute Gasteiger partial charge is 0.524 e. The quantitative estimate of drug-likeness (QED) is 0.0221. The summed E-state index contributed by atoms with van der Waals surface area (Å²) in [5.41, 5.74) is 0.753. The Kier molecular flexibility index (Phi) is 18.6. The van der Waals surface area contributed by atoms with Gasteiger partial charge in [0.05, 0.1) is 24.7 Å². The number of fused-ring (bicyclic) bond motifs is 7. The normalized spacial score (nSPS) is 29.3. The molecule has 0 spiro atoms. The Labute approximate surface area is 454 Å². The summed E-state index contributed by atoms with van der Waals surface area (Å²) in [6.45, 7) is 8.52. The Balaban J connectivity index is 0.770. The molecule has 77 heavy (non-hydrogen) atoms. The van der Waals surface area contributed by atoms with E-state index in [0.717, 1.165) is 121 Å². The lowest BCUT2D eigenvalue weighted by molar-refractivity contribution is -0.694. The van der Waals surface area contributed by atoms with Crippen molar-refractivity contribution in [2.45, 2.75) is 173 Å². The lowest BCUT2D eigenvalue weighted by Crippen LogP contribution is -2.63. The fourth-order valence-electron chi connectivity index (χ4n) is 14.5. The van der Waals surface area contributed by atoms with Crippen LogP contribution in [0.3, 0.4) is 0 Å². The number of rotatable bonds is 26. The number of benzene rings is 2. The molecule has 17 heteroatoms. The lowest BCUT2D eigenvalue weighted by Gasteiger charge is -2.59. The first-order valence-corrected chi connectivity index (χ1v) is 30.1. The van der Waals surface area contributed by atoms with Gasteiger partial charge < -0.3 is 39.0 Å². The highest BCUT2D eigenvalue weighted by Crippen LogP contribution is 2.70. The number of hydrogen-bond donors (Lipinski definition) is 5. The second-order valence-electron chi connectivity index (χ2n) is 23.3. The zero-order chi connectivity index (χ0) is 54.4. The number of nitrogens with one attached hydrogen (secondary N) is 1. The van der Waals surface area contributed by atoms with Crippen molar-refractivity contribution in [1.82, 2.24) is 9.88 Å². The number of aryl methyl sites for hydroxylation is 2. The van der Waals surface area contributed by atoms with Crippen LogP contribution in [0.5, 0.6) is 5.75 Å². The molecule has 0 bridgehead atoms. The third-order valence-electron chi connectivity index (χ3n) is 18.5. The molecule has 0 amide bonds. The number of unbranched alkanes of at least 4 members (excludes halogenated alkanes) is 4. The Morgan fingerprint density at radius 1 is 0.987 bits per heavy atom. The van der Waals surface area contributed by atoms with Gasteiger partial charge in [0.2, 0.25) is 5.78 Å². The van der Waals surface area contributed by atoms with Crippen LogP contribution in [0.15, 0.2) is 84.7 Å². The van der Waals surface area contributed by atoms with Crippen molar-refractivity contribution in [3.63, 3.8) is 0 Å². The van der Waals surface area contributed by atoms with Gasteiger partial charge >= 0.3 is 13.8 Å². The third-order valence-corrected chi connectivity index (χ3v) is 18.9. The average molecular weight is 1090 g/mol. The van der Waals surface area contributed by atoms with Gasteiger partial charge in [-0.1, -0.05) is 94.0 Å². The topological polar surface area (TPSA) is 216 Å². The number of phosphoric acid groups is 1. The maximum atomic E-state index is 15.0. The van der Waals surface area contributed by atoms with Crippen LogP contribution in [0.1, 0.15) is 145 Å². The van der Waals surface area contributed by atoms with E-state index in [9.17, 15) is 38.9 Å². The van der Waals surface area contributed by atoms with Gasteiger partial charge in [0, 0.05) is 54.9 Å². The van der Waals surface area contributed by atoms with Crippen molar-refractivity contribution in [3.8, 4) is 5.75 Å². The Morgan fingerprint density at radius 3 is 2.53 bits per heavy atom. The summed E-state index contributed by atoms with van der Waals surface area (Å²) in [5.74, 6) is -0.128. The number of aromatic nitrogens is 2. The van der Waals surface area contributed by atoms with E-state index >= 15 is 0 Å². The maximum absolute atomic E-state index is 15.0. The number of Topliss-reactive ketones (excluding diaryl/α,β-unsaturated/α-hetero) is 1. The molecule has 1 unspecified atom stereocenters. The molecule has 5 aliphatic carbocycles. The predicted octanol–water partition coefficient (Wildman–Crippen LogP) is 8.28. The van der Waals surface area contributed by atoms with Crippen LogP contribution >= 0.6 is 7.82 Å². The minimum absolute atomic E-state index is 0.00227.